The van der Waals surface area contributed by atoms with E-state index in [0.717, 1.165) is 25.7 Å². The van der Waals surface area contributed by atoms with Crippen LogP contribution in [0.15, 0.2) is 4.99 Å². The van der Waals surface area contributed by atoms with Crippen molar-refractivity contribution in [1.29, 1.82) is 5.41 Å². The van der Waals surface area contributed by atoms with E-state index in [4.69, 9.17) is 5.41 Å². The first-order chi connectivity index (χ1) is 7.06. The van der Waals surface area contributed by atoms with E-state index in [-0.39, 0.29) is 11.6 Å². The molecule has 0 aromatic carbocycles. The van der Waals surface area contributed by atoms with Crippen molar-refractivity contribution >= 4 is 6.01 Å². The predicted molar refractivity (Wildman–Crippen MR) is 65.9 cm³/mol. The van der Waals surface area contributed by atoms with Crippen LogP contribution in [0.2, 0.25) is 0 Å². The Morgan fingerprint density at radius 2 is 1.80 bits per heavy atom. The van der Waals surface area contributed by atoms with E-state index in [9.17, 15) is 0 Å². The van der Waals surface area contributed by atoms with E-state index in [1.165, 1.54) is 0 Å². The van der Waals surface area contributed by atoms with E-state index >= 15 is 0 Å². The second-order valence-corrected chi connectivity index (χ2v) is 4.33. The van der Waals surface area contributed by atoms with Gasteiger partial charge < -0.3 is 4.90 Å². The van der Waals surface area contributed by atoms with Crippen LogP contribution in [0, 0.1) is 5.41 Å². The van der Waals surface area contributed by atoms with E-state index in [1.54, 1.807) is 0 Å². The maximum atomic E-state index is 6.94. The van der Waals surface area contributed by atoms with Crippen LogP contribution in [0.4, 0.5) is 0 Å². The molecular weight excluding hydrogens is 186 g/mol. The van der Waals surface area contributed by atoms with Crippen LogP contribution in [-0.2, 0) is 0 Å². The largest absolute Gasteiger partial charge is 0.304 e. The number of rotatable bonds is 7. The number of nitrogens with one attached hydrogen (secondary N) is 1. The monoisotopic (exact) mass is 211 g/mol. The summed E-state index contributed by atoms with van der Waals surface area (Å²) in [5.74, 6) is 0. The first-order valence-corrected chi connectivity index (χ1v) is 5.85. The molecule has 1 unspecified atom stereocenters. The molecule has 15 heavy (non-hydrogen) atoms. The number of hydrogen-bond donors (Lipinski definition) is 1. The molecule has 0 aliphatic carbocycles. The Bertz CT molecular complexity index is 213. The minimum atomic E-state index is 0.223. The van der Waals surface area contributed by atoms with Gasteiger partial charge in [-0.05, 0) is 39.8 Å². The fourth-order valence-electron chi connectivity index (χ4n) is 2.16. The number of aliphatic imine (C=N–C) groups is 1. The van der Waals surface area contributed by atoms with Gasteiger partial charge in [-0.1, -0.05) is 20.8 Å². The van der Waals surface area contributed by atoms with Crippen molar-refractivity contribution in [3.63, 3.8) is 0 Å². The molecule has 3 nitrogen and oxygen atoms in total. The van der Waals surface area contributed by atoms with Gasteiger partial charge in [0.2, 0.25) is 0 Å². The Hall–Kier alpha value is -0.660. The molecule has 0 aromatic heterocycles. The summed E-state index contributed by atoms with van der Waals surface area (Å²) in [6.07, 6.45) is 4.26. The Labute approximate surface area is 94.1 Å². The van der Waals surface area contributed by atoms with Gasteiger partial charge in [-0.25, -0.2) is 10.4 Å². The lowest BCUT2D eigenvalue weighted by atomic mass is 9.84. The highest BCUT2D eigenvalue weighted by Crippen LogP contribution is 2.28. The Morgan fingerprint density at radius 1 is 1.27 bits per heavy atom. The number of hydrogen-bond acceptors (Lipinski definition) is 3. The van der Waals surface area contributed by atoms with Crippen molar-refractivity contribution in [1.82, 2.24) is 4.90 Å². The third-order valence-corrected chi connectivity index (χ3v) is 3.60. The van der Waals surface area contributed by atoms with Gasteiger partial charge in [0.25, 0.3) is 0 Å². The molecule has 0 rings (SSSR count). The SMILES string of the molecule is CCC(CC(CC)(CC)N(C)C)N=C=N. The molecule has 88 valence electrons. The Morgan fingerprint density at radius 3 is 2.07 bits per heavy atom. The lowest BCUT2D eigenvalue weighted by Crippen LogP contribution is -2.45. The minimum Gasteiger partial charge on any atom is -0.304 e. The highest BCUT2D eigenvalue weighted by atomic mass is 15.1. The van der Waals surface area contributed by atoms with Crippen molar-refractivity contribution < 1.29 is 0 Å². The standard InChI is InChI=1S/C12H25N3/c1-6-11(14-10-13)9-12(7-2,8-3)15(4)5/h11,13H,6-9H2,1-5H3. The van der Waals surface area contributed by atoms with Crippen LogP contribution in [0.25, 0.3) is 0 Å². The van der Waals surface area contributed by atoms with E-state index in [2.05, 4.69) is 50.8 Å². The summed E-state index contributed by atoms with van der Waals surface area (Å²) in [7, 11) is 4.27. The van der Waals surface area contributed by atoms with Crippen LogP contribution in [0.1, 0.15) is 46.5 Å². The van der Waals surface area contributed by atoms with Crippen molar-refractivity contribution in [2.24, 2.45) is 4.99 Å². The second kappa shape index (κ2) is 6.76. The van der Waals surface area contributed by atoms with Crippen LogP contribution in [0.5, 0.6) is 0 Å². The third-order valence-electron chi connectivity index (χ3n) is 3.60. The summed E-state index contributed by atoms with van der Waals surface area (Å²) in [6, 6.07) is 2.43. The maximum absolute atomic E-state index is 6.94. The van der Waals surface area contributed by atoms with E-state index in [1.807, 2.05) is 0 Å². The molecule has 0 aromatic rings. The van der Waals surface area contributed by atoms with E-state index < -0.39 is 0 Å². The summed E-state index contributed by atoms with van der Waals surface area (Å²) < 4.78 is 0. The van der Waals surface area contributed by atoms with Gasteiger partial charge >= 0.3 is 0 Å². The van der Waals surface area contributed by atoms with Crippen LogP contribution < -0.4 is 0 Å². The molecule has 1 atom stereocenters. The fraction of sp³-hybridized carbons (Fsp3) is 0.917. The quantitative estimate of drug-likeness (QED) is 0.646. The first-order valence-electron chi connectivity index (χ1n) is 5.85. The van der Waals surface area contributed by atoms with E-state index in [0.29, 0.717) is 0 Å². The van der Waals surface area contributed by atoms with Crippen molar-refractivity contribution in [2.45, 2.75) is 58.0 Å². The third kappa shape index (κ3) is 3.77. The second-order valence-electron chi connectivity index (χ2n) is 4.33. The molecule has 0 radical (unpaired) electrons. The zero-order chi connectivity index (χ0) is 11.9. The van der Waals surface area contributed by atoms with Gasteiger partial charge in [0.15, 0.2) is 0 Å². The summed E-state index contributed by atoms with van der Waals surface area (Å²) in [4.78, 5) is 6.40. The van der Waals surface area contributed by atoms with Crippen LogP contribution in [-0.4, -0.2) is 36.6 Å². The molecule has 0 saturated heterocycles. The van der Waals surface area contributed by atoms with Gasteiger partial charge in [0.05, 0.1) is 12.1 Å². The lowest BCUT2D eigenvalue weighted by molar-refractivity contribution is 0.118. The minimum absolute atomic E-state index is 0.223. The molecule has 0 amide bonds. The van der Waals surface area contributed by atoms with Crippen molar-refractivity contribution in [3.8, 4) is 0 Å². The fourth-order valence-corrected chi connectivity index (χ4v) is 2.16. The normalized spacial score (nSPS) is 13.7. The highest BCUT2D eigenvalue weighted by molar-refractivity contribution is 5.36. The van der Waals surface area contributed by atoms with Gasteiger partial charge in [0, 0.05) is 5.54 Å². The highest BCUT2D eigenvalue weighted by Gasteiger charge is 2.31. The van der Waals surface area contributed by atoms with Gasteiger partial charge in [-0.3, -0.25) is 0 Å². The summed E-state index contributed by atoms with van der Waals surface area (Å²) in [5.41, 5.74) is 0.223. The summed E-state index contributed by atoms with van der Waals surface area (Å²) >= 11 is 0. The Balaban J connectivity index is 4.71. The van der Waals surface area contributed by atoms with Gasteiger partial charge in [-0.15, -0.1) is 0 Å². The molecule has 0 spiro atoms. The molecule has 0 aliphatic rings. The lowest BCUT2D eigenvalue weighted by Gasteiger charge is -2.40. The number of nitrogens with zero attached hydrogens (tertiary/aromatic N) is 2. The zero-order valence-electron chi connectivity index (χ0n) is 10.8. The van der Waals surface area contributed by atoms with Crippen LogP contribution >= 0.6 is 0 Å². The molecule has 3 heteroatoms. The molecule has 0 aliphatic heterocycles. The Kier molecular flexibility index (Phi) is 6.46. The van der Waals surface area contributed by atoms with Crippen LogP contribution in [0.3, 0.4) is 0 Å². The molecular formula is C12H25N3. The van der Waals surface area contributed by atoms with Crippen molar-refractivity contribution in [3.05, 3.63) is 0 Å². The van der Waals surface area contributed by atoms with Gasteiger partial charge in [0.1, 0.15) is 0 Å². The first kappa shape index (κ1) is 14.3. The molecule has 1 N–H and O–H groups in total. The smallest absolute Gasteiger partial charge is 0.0864 e. The predicted octanol–water partition coefficient (Wildman–Crippen LogP) is 3.03. The molecule has 0 bridgehead atoms. The van der Waals surface area contributed by atoms with Gasteiger partial charge in [-0.2, -0.15) is 0 Å². The summed E-state index contributed by atoms with van der Waals surface area (Å²) in [6.45, 7) is 6.58. The zero-order valence-corrected chi connectivity index (χ0v) is 10.8. The maximum Gasteiger partial charge on any atom is 0.0864 e. The molecule has 0 saturated carbocycles. The average Bonchev–Trinajstić information content (AvgIpc) is 2.24. The molecule has 0 fully saturated rings. The topological polar surface area (TPSA) is 39.5 Å². The molecule has 0 heterocycles. The average molecular weight is 211 g/mol. The van der Waals surface area contributed by atoms with Crippen molar-refractivity contribution in [2.75, 3.05) is 14.1 Å². The summed E-state index contributed by atoms with van der Waals surface area (Å²) in [5, 5.41) is 6.94.